The molecule has 5 N–H and O–H groups in total. The van der Waals surface area contributed by atoms with Crippen molar-refractivity contribution in [2.45, 2.75) is 39.7 Å². The normalized spacial score (nSPS) is 25.6. The monoisotopic (exact) mass is 595 g/mol. The largest absolute Gasteiger partial charge is 0.480 e. The van der Waals surface area contributed by atoms with Crippen LogP contribution in [0.4, 0.5) is 5.13 Å². The number of fused-ring (bicyclic) bond motifs is 1. The van der Waals surface area contributed by atoms with E-state index in [9.17, 15) is 24.7 Å². The Morgan fingerprint density at radius 3 is 2.82 bits per heavy atom. The summed E-state index contributed by atoms with van der Waals surface area (Å²) in [5.74, 6) is -1.23. The molecule has 202 valence electrons. The second kappa shape index (κ2) is 11.3. The lowest BCUT2D eigenvalue weighted by Crippen LogP contribution is -2.74. The predicted molar refractivity (Wildman–Crippen MR) is 147 cm³/mol. The molecule has 0 saturated carbocycles. The Bertz CT molecular complexity index is 1270. The zero-order valence-corrected chi connectivity index (χ0v) is 23.2. The minimum Gasteiger partial charge on any atom is -0.480 e. The number of β-lactam (4-membered cyclic amide) rings is 1. The first-order chi connectivity index (χ1) is 18.3. The van der Waals surface area contributed by atoms with Crippen LogP contribution in [0.5, 0.6) is 0 Å². The van der Waals surface area contributed by atoms with Gasteiger partial charge in [0.25, 0.3) is 5.91 Å². The van der Waals surface area contributed by atoms with Gasteiger partial charge in [-0.15, -0.1) is 34.9 Å². The van der Waals surface area contributed by atoms with E-state index in [1.807, 2.05) is 6.07 Å². The first-order valence-electron chi connectivity index (χ1n) is 11.7. The van der Waals surface area contributed by atoms with Crippen LogP contribution in [-0.2, 0) is 20.1 Å². The lowest BCUT2D eigenvalue weighted by molar-refractivity contribution is -0.151. The van der Waals surface area contributed by atoms with Gasteiger partial charge in [-0.05, 0) is 24.5 Å². The Kier molecular flexibility index (Phi) is 8.04. The van der Waals surface area contributed by atoms with Crippen LogP contribution >= 0.6 is 46.8 Å². The summed E-state index contributed by atoms with van der Waals surface area (Å²) in [6.45, 7) is 2.09. The van der Waals surface area contributed by atoms with E-state index in [0.29, 0.717) is 5.75 Å². The molecule has 3 atom stereocenters. The fourth-order valence-electron chi connectivity index (χ4n) is 4.42. The molecule has 0 aromatic carbocycles. The van der Waals surface area contributed by atoms with Crippen molar-refractivity contribution in [1.82, 2.24) is 24.5 Å². The molecule has 0 bridgehead atoms. The molecule has 0 radical (unpaired) electrons. The summed E-state index contributed by atoms with van der Waals surface area (Å²) in [6.07, 6.45) is 5.79. The highest BCUT2D eigenvalue weighted by molar-refractivity contribution is 8.05. The van der Waals surface area contributed by atoms with Crippen molar-refractivity contribution in [1.29, 1.82) is 0 Å². The molecule has 38 heavy (non-hydrogen) atoms. The van der Waals surface area contributed by atoms with Crippen LogP contribution in [-0.4, -0.2) is 94.5 Å². The molecule has 1 unspecified atom stereocenters. The van der Waals surface area contributed by atoms with Crippen molar-refractivity contribution in [3.63, 3.8) is 0 Å². The van der Waals surface area contributed by atoms with Crippen LogP contribution < -0.4 is 11.1 Å². The van der Waals surface area contributed by atoms with Crippen LogP contribution in [0.3, 0.4) is 0 Å². The summed E-state index contributed by atoms with van der Waals surface area (Å²) >= 11 is 5.37. The SMILES string of the molecule is Nc1nc(C(=NO)C(=O)N[C@@H]2C(=O)N3CC(Sc4ccncc4CSN4CCCC4)(C(=O)O)CS[C@H]23)cs1. The molecule has 3 saturated heterocycles. The van der Waals surface area contributed by atoms with E-state index in [4.69, 9.17) is 5.73 Å². The second-order valence-corrected chi connectivity index (χ2v) is 13.4. The number of aliphatic carboxylic acids is 1. The number of nitrogens with two attached hydrogens (primary N) is 1. The molecule has 0 aliphatic carbocycles. The molecule has 0 spiro atoms. The summed E-state index contributed by atoms with van der Waals surface area (Å²) in [7, 11) is 0. The third-order valence-corrected chi connectivity index (χ3v) is 11.5. The van der Waals surface area contributed by atoms with Crippen molar-refractivity contribution < 1.29 is 24.7 Å². The van der Waals surface area contributed by atoms with Gasteiger partial charge in [-0.25, -0.2) is 4.98 Å². The number of pyridine rings is 1. The fraction of sp³-hybridized carbons (Fsp3) is 0.455. The highest BCUT2D eigenvalue weighted by Gasteiger charge is 2.58. The number of hydrogen-bond donors (Lipinski definition) is 4. The lowest BCUT2D eigenvalue weighted by Gasteiger charge is -2.53. The van der Waals surface area contributed by atoms with Crippen LogP contribution in [0.1, 0.15) is 24.1 Å². The number of hydrogen-bond acceptors (Lipinski definition) is 13. The third kappa shape index (κ3) is 5.32. The Hall–Kier alpha value is -2.53. The van der Waals surface area contributed by atoms with Gasteiger partial charge in [0.2, 0.25) is 5.91 Å². The Balaban J connectivity index is 1.26. The molecule has 5 heterocycles. The maximum Gasteiger partial charge on any atom is 0.322 e. The number of nitrogens with one attached hydrogen (secondary N) is 1. The number of carboxylic acid groups (broad SMARTS) is 1. The minimum atomic E-state index is -1.25. The topological polar surface area (TPSA) is 174 Å². The van der Waals surface area contributed by atoms with Gasteiger partial charge in [-0.3, -0.25) is 23.7 Å². The van der Waals surface area contributed by atoms with Gasteiger partial charge in [0.15, 0.2) is 10.8 Å². The summed E-state index contributed by atoms with van der Waals surface area (Å²) < 4.78 is 1.06. The van der Waals surface area contributed by atoms with E-state index in [2.05, 4.69) is 24.7 Å². The van der Waals surface area contributed by atoms with Gasteiger partial charge in [-0.2, -0.15) is 0 Å². The molecule has 3 aliphatic rings. The Labute approximate surface area is 234 Å². The molecule has 5 rings (SSSR count). The number of nitrogens with zero attached hydrogens (tertiary/aromatic N) is 5. The number of thioether (sulfide) groups is 2. The number of aromatic nitrogens is 2. The van der Waals surface area contributed by atoms with Crippen molar-refractivity contribution in [2.24, 2.45) is 5.16 Å². The van der Waals surface area contributed by atoms with Crippen molar-refractivity contribution in [2.75, 3.05) is 31.1 Å². The molecular formula is C22H25N7O5S4. The number of thiazole rings is 1. The van der Waals surface area contributed by atoms with Crippen molar-refractivity contribution in [3.05, 3.63) is 35.1 Å². The van der Waals surface area contributed by atoms with E-state index in [-0.39, 0.29) is 28.8 Å². The number of rotatable bonds is 9. The number of carbonyl (C=O) groups is 3. The summed E-state index contributed by atoms with van der Waals surface area (Å²) in [5, 5.41) is 26.5. The van der Waals surface area contributed by atoms with Gasteiger partial charge >= 0.3 is 5.97 Å². The maximum atomic E-state index is 13.0. The minimum absolute atomic E-state index is 0.000464. The van der Waals surface area contributed by atoms with E-state index in [1.165, 1.54) is 46.6 Å². The number of anilines is 1. The zero-order valence-electron chi connectivity index (χ0n) is 20.0. The van der Waals surface area contributed by atoms with Gasteiger partial charge in [0, 0.05) is 53.8 Å². The third-order valence-electron chi connectivity index (χ3n) is 6.44. The standard InChI is InChI=1S/C22H25N7O5S4/c23-21-25-13(9-35-21)15(27-34)17(30)26-16-18(31)29-10-22(20(32)33,11-36-19(16)29)38-14-3-4-24-7-12(14)8-37-28-5-1-2-6-28/h3-4,7,9,16,19,34H,1-2,5-6,8,10-11H2,(H2,23,25)(H,26,30)(H,32,33)/t16-,19-,22?/m1/s1. The average Bonchev–Trinajstić information content (AvgIpc) is 3.59. The molecular weight excluding hydrogens is 571 g/mol. The van der Waals surface area contributed by atoms with E-state index in [1.54, 1.807) is 24.3 Å². The average molecular weight is 596 g/mol. The smallest absolute Gasteiger partial charge is 0.322 e. The predicted octanol–water partition coefficient (Wildman–Crippen LogP) is 1.56. The van der Waals surface area contributed by atoms with Crippen LogP contribution in [0.2, 0.25) is 0 Å². The van der Waals surface area contributed by atoms with Crippen molar-refractivity contribution in [3.8, 4) is 0 Å². The molecule has 3 fully saturated rings. The first-order valence-corrected chi connectivity index (χ1v) is 15.4. The quantitative estimate of drug-likeness (QED) is 0.108. The number of nitrogen functional groups attached to an aromatic ring is 1. The molecule has 2 amide bonds. The van der Waals surface area contributed by atoms with Gasteiger partial charge in [-0.1, -0.05) is 17.1 Å². The van der Waals surface area contributed by atoms with Crippen molar-refractivity contribution >= 4 is 75.4 Å². The molecule has 2 aromatic heterocycles. The number of carboxylic acids is 1. The molecule has 2 aromatic rings. The Morgan fingerprint density at radius 2 is 2.13 bits per heavy atom. The van der Waals surface area contributed by atoms with Gasteiger partial charge in [0.1, 0.15) is 21.9 Å². The molecule has 16 heteroatoms. The summed E-state index contributed by atoms with van der Waals surface area (Å²) in [6, 6.07) is 0.957. The molecule has 3 aliphatic heterocycles. The Morgan fingerprint density at radius 1 is 1.34 bits per heavy atom. The molecule has 12 nitrogen and oxygen atoms in total. The number of oxime groups is 1. The summed E-state index contributed by atoms with van der Waals surface area (Å²) in [4.78, 5) is 48.8. The van der Waals surface area contributed by atoms with Crippen LogP contribution in [0.25, 0.3) is 0 Å². The highest BCUT2D eigenvalue weighted by Crippen LogP contribution is 2.47. The summed E-state index contributed by atoms with van der Waals surface area (Å²) in [5.41, 5.74) is 6.31. The first kappa shape index (κ1) is 27.1. The van der Waals surface area contributed by atoms with Gasteiger partial charge < -0.3 is 26.3 Å². The lowest BCUT2D eigenvalue weighted by atomic mass is 10.0. The fourth-order valence-corrected chi connectivity index (χ4v) is 9.05. The van der Waals surface area contributed by atoms with Gasteiger partial charge in [0.05, 0.1) is 0 Å². The van der Waals surface area contributed by atoms with E-state index in [0.717, 1.165) is 34.9 Å². The second-order valence-electron chi connectivity index (χ2n) is 8.93. The number of carbonyl (C=O) groups excluding carboxylic acids is 2. The number of amides is 2. The highest BCUT2D eigenvalue weighted by atomic mass is 32.2. The van der Waals surface area contributed by atoms with Crippen LogP contribution in [0, 0.1) is 0 Å². The zero-order chi connectivity index (χ0) is 26.9. The maximum absolute atomic E-state index is 13.0. The van der Waals surface area contributed by atoms with E-state index < -0.39 is 33.9 Å². The van der Waals surface area contributed by atoms with E-state index >= 15 is 0 Å². The van der Waals surface area contributed by atoms with Crippen LogP contribution in [0.15, 0.2) is 33.9 Å².